The lowest BCUT2D eigenvalue weighted by atomic mass is 10.3. The smallest absolute Gasteiger partial charge is 0.356 e. The average molecular weight is 264 g/mol. The molecule has 0 radical (unpaired) electrons. The fourth-order valence-electron chi connectivity index (χ4n) is 1.43. The summed E-state index contributed by atoms with van der Waals surface area (Å²) in [7, 11) is 0. The highest BCUT2D eigenvalue weighted by molar-refractivity contribution is 6.33. The summed E-state index contributed by atoms with van der Waals surface area (Å²) in [6.45, 7) is 1.91. The summed E-state index contributed by atoms with van der Waals surface area (Å²) in [5.74, 6) is -0.754. The molecule has 92 valence electrons. The SMILES string of the molecule is Cc1cncc(Nc2ccc(Cl)c(C(=O)O)n2)c1. The van der Waals surface area contributed by atoms with Gasteiger partial charge < -0.3 is 10.4 Å². The fourth-order valence-corrected chi connectivity index (χ4v) is 1.62. The predicted molar refractivity (Wildman–Crippen MR) is 68.5 cm³/mol. The van der Waals surface area contributed by atoms with Crippen LogP contribution in [0, 0.1) is 6.92 Å². The van der Waals surface area contributed by atoms with Gasteiger partial charge in [-0.15, -0.1) is 0 Å². The third kappa shape index (κ3) is 2.75. The number of carboxylic acid groups (broad SMARTS) is 1. The van der Waals surface area contributed by atoms with Crippen LogP contribution < -0.4 is 5.32 Å². The van der Waals surface area contributed by atoms with Crippen LogP contribution in [0.1, 0.15) is 16.1 Å². The van der Waals surface area contributed by atoms with Crippen LogP contribution in [0.2, 0.25) is 5.02 Å². The van der Waals surface area contributed by atoms with E-state index in [2.05, 4.69) is 15.3 Å². The van der Waals surface area contributed by atoms with E-state index in [1.165, 1.54) is 6.07 Å². The van der Waals surface area contributed by atoms with Crippen molar-refractivity contribution in [2.24, 2.45) is 0 Å². The summed E-state index contributed by atoms with van der Waals surface area (Å²) < 4.78 is 0. The van der Waals surface area contributed by atoms with Gasteiger partial charge in [0.05, 0.1) is 16.9 Å². The third-order valence-electron chi connectivity index (χ3n) is 2.20. The van der Waals surface area contributed by atoms with Crippen LogP contribution in [0.3, 0.4) is 0 Å². The van der Waals surface area contributed by atoms with Gasteiger partial charge in [0, 0.05) is 6.20 Å². The summed E-state index contributed by atoms with van der Waals surface area (Å²) in [6.07, 6.45) is 3.35. The maximum absolute atomic E-state index is 10.9. The summed E-state index contributed by atoms with van der Waals surface area (Å²) in [4.78, 5) is 18.8. The van der Waals surface area contributed by atoms with E-state index < -0.39 is 5.97 Å². The Morgan fingerprint density at radius 2 is 2.17 bits per heavy atom. The summed E-state index contributed by atoms with van der Waals surface area (Å²) in [5.41, 5.74) is 1.55. The second-order valence-corrected chi connectivity index (χ2v) is 4.12. The van der Waals surface area contributed by atoms with Crippen LogP contribution >= 0.6 is 11.6 Å². The zero-order chi connectivity index (χ0) is 13.1. The molecule has 0 saturated heterocycles. The number of hydrogen-bond donors (Lipinski definition) is 2. The van der Waals surface area contributed by atoms with Gasteiger partial charge in [0.15, 0.2) is 5.69 Å². The van der Waals surface area contributed by atoms with Crippen molar-refractivity contribution < 1.29 is 9.90 Å². The number of rotatable bonds is 3. The molecule has 2 aromatic heterocycles. The van der Waals surface area contributed by atoms with Crippen molar-refractivity contribution in [3.8, 4) is 0 Å². The van der Waals surface area contributed by atoms with E-state index in [4.69, 9.17) is 16.7 Å². The largest absolute Gasteiger partial charge is 0.476 e. The Kier molecular flexibility index (Phi) is 3.43. The van der Waals surface area contributed by atoms with Crippen molar-refractivity contribution in [2.45, 2.75) is 6.92 Å². The number of nitrogens with zero attached hydrogens (tertiary/aromatic N) is 2. The minimum Gasteiger partial charge on any atom is -0.476 e. The average Bonchev–Trinajstić information content (AvgIpc) is 2.31. The van der Waals surface area contributed by atoms with Crippen LogP contribution in [0.4, 0.5) is 11.5 Å². The molecule has 5 nitrogen and oxygen atoms in total. The Bertz CT molecular complexity index is 602. The van der Waals surface area contributed by atoms with Crippen LogP contribution in [0.25, 0.3) is 0 Å². The molecule has 2 aromatic rings. The van der Waals surface area contributed by atoms with E-state index >= 15 is 0 Å². The van der Waals surface area contributed by atoms with Crippen molar-refractivity contribution in [3.63, 3.8) is 0 Å². The zero-order valence-corrected chi connectivity index (χ0v) is 10.3. The number of hydrogen-bond acceptors (Lipinski definition) is 4. The van der Waals surface area contributed by atoms with Gasteiger partial charge in [-0.2, -0.15) is 0 Å². The van der Waals surface area contributed by atoms with Crippen molar-refractivity contribution >= 4 is 29.1 Å². The zero-order valence-electron chi connectivity index (χ0n) is 9.51. The predicted octanol–water partition coefficient (Wildman–Crippen LogP) is 2.88. The van der Waals surface area contributed by atoms with Gasteiger partial charge in [-0.05, 0) is 30.7 Å². The molecule has 0 aromatic carbocycles. The lowest BCUT2D eigenvalue weighted by molar-refractivity contribution is 0.0691. The number of anilines is 2. The lowest BCUT2D eigenvalue weighted by Gasteiger charge is -2.07. The van der Waals surface area contributed by atoms with Crippen molar-refractivity contribution in [3.05, 3.63) is 46.9 Å². The third-order valence-corrected chi connectivity index (χ3v) is 2.50. The molecule has 6 heteroatoms. The highest BCUT2D eigenvalue weighted by Crippen LogP contribution is 2.19. The molecule has 0 aliphatic rings. The first-order valence-corrected chi connectivity index (χ1v) is 5.52. The Morgan fingerprint density at radius 1 is 1.39 bits per heavy atom. The minimum absolute atomic E-state index is 0.107. The molecule has 0 saturated carbocycles. The first-order valence-electron chi connectivity index (χ1n) is 5.15. The Labute approximate surface area is 108 Å². The highest BCUT2D eigenvalue weighted by atomic mass is 35.5. The molecule has 0 spiro atoms. The van der Waals surface area contributed by atoms with Gasteiger partial charge in [-0.1, -0.05) is 11.6 Å². The summed E-state index contributed by atoms with van der Waals surface area (Å²) in [6, 6.07) is 4.98. The molecule has 2 heterocycles. The number of nitrogens with one attached hydrogen (secondary N) is 1. The van der Waals surface area contributed by atoms with E-state index in [-0.39, 0.29) is 10.7 Å². The second-order valence-electron chi connectivity index (χ2n) is 3.71. The molecule has 2 rings (SSSR count). The number of carbonyl (C=O) groups is 1. The molecule has 0 unspecified atom stereocenters. The molecular formula is C12H10ClN3O2. The van der Waals surface area contributed by atoms with Gasteiger partial charge in [0.2, 0.25) is 0 Å². The second kappa shape index (κ2) is 5.01. The maximum Gasteiger partial charge on any atom is 0.356 e. The molecule has 0 aliphatic carbocycles. The Morgan fingerprint density at radius 3 is 2.83 bits per heavy atom. The lowest BCUT2D eigenvalue weighted by Crippen LogP contribution is -2.04. The van der Waals surface area contributed by atoms with E-state index in [1.807, 2.05) is 13.0 Å². The van der Waals surface area contributed by atoms with Crippen LogP contribution in [-0.4, -0.2) is 21.0 Å². The van der Waals surface area contributed by atoms with Crippen LogP contribution in [0.15, 0.2) is 30.6 Å². The van der Waals surface area contributed by atoms with E-state index in [0.717, 1.165) is 11.3 Å². The number of carboxylic acids is 1. The molecule has 18 heavy (non-hydrogen) atoms. The Balaban J connectivity index is 2.30. The van der Waals surface area contributed by atoms with E-state index in [9.17, 15) is 4.79 Å². The van der Waals surface area contributed by atoms with Gasteiger partial charge in [-0.25, -0.2) is 9.78 Å². The number of pyridine rings is 2. The van der Waals surface area contributed by atoms with Gasteiger partial charge in [0.25, 0.3) is 0 Å². The number of aromatic carboxylic acids is 1. The number of aromatic nitrogens is 2. The monoisotopic (exact) mass is 263 g/mol. The highest BCUT2D eigenvalue weighted by Gasteiger charge is 2.11. The quantitative estimate of drug-likeness (QED) is 0.891. The maximum atomic E-state index is 10.9. The number of halogens is 1. The van der Waals surface area contributed by atoms with E-state index in [1.54, 1.807) is 18.5 Å². The topological polar surface area (TPSA) is 75.1 Å². The van der Waals surface area contributed by atoms with Crippen LogP contribution in [-0.2, 0) is 0 Å². The minimum atomic E-state index is -1.16. The van der Waals surface area contributed by atoms with Crippen molar-refractivity contribution in [1.29, 1.82) is 0 Å². The normalized spacial score (nSPS) is 10.1. The molecule has 0 amide bonds. The molecular weight excluding hydrogens is 254 g/mol. The standard InChI is InChI=1S/C12H10ClN3O2/c1-7-4-8(6-14-5-7)15-10-3-2-9(13)11(16-10)12(17)18/h2-6H,1H3,(H,15,16)(H,17,18). The molecule has 0 aliphatic heterocycles. The fraction of sp³-hybridized carbons (Fsp3) is 0.0833. The van der Waals surface area contributed by atoms with Gasteiger partial charge in [-0.3, -0.25) is 4.98 Å². The molecule has 2 N–H and O–H groups in total. The molecule has 0 bridgehead atoms. The first-order chi connectivity index (χ1) is 8.56. The van der Waals surface area contributed by atoms with Crippen LogP contribution in [0.5, 0.6) is 0 Å². The van der Waals surface area contributed by atoms with Crippen molar-refractivity contribution in [1.82, 2.24) is 9.97 Å². The molecule has 0 fully saturated rings. The first kappa shape index (κ1) is 12.3. The van der Waals surface area contributed by atoms with Gasteiger partial charge >= 0.3 is 5.97 Å². The van der Waals surface area contributed by atoms with Gasteiger partial charge in [0.1, 0.15) is 5.82 Å². The Hall–Kier alpha value is -2.14. The van der Waals surface area contributed by atoms with E-state index in [0.29, 0.717) is 5.82 Å². The summed E-state index contributed by atoms with van der Waals surface area (Å²) >= 11 is 5.74. The van der Waals surface area contributed by atoms with Crippen molar-refractivity contribution in [2.75, 3.05) is 5.32 Å². The molecule has 0 atom stereocenters. The summed E-state index contributed by atoms with van der Waals surface area (Å²) in [5, 5.41) is 12.0. The number of aryl methyl sites for hydroxylation is 1.